The molecule has 218 valence electrons. The van der Waals surface area contributed by atoms with E-state index in [4.69, 9.17) is 20.6 Å². The molecule has 0 N–H and O–H groups in total. The summed E-state index contributed by atoms with van der Waals surface area (Å²) in [6, 6.07) is 7.92. The Morgan fingerprint density at radius 3 is 2.60 bits per heavy atom. The fourth-order valence-corrected chi connectivity index (χ4v) is 4.94. The average Bonchev–Trinajstić information content (AvgIpc) is 3.42. The van der Waals surface area contributed by atoms with E-state index in [0.717, 1.165) is 16.9 Å². The number of ether oxygens (including phenoxy) is 3. The number of hydrogen-bond acceptors (Lipinski definition) is 9. The summed E-state index contributed by atoms with van der Waals surface area (Å²) in [4.78, 5) is 34.4. The number of morpholine rings is 1. The Bertz CT molecular complexity index is 1540. The second kappa shape index (κ2) is 12.0. The zero-order valence-electron chi connectivity index (χ0n) is 23.9. The third-order valence-electron chi connectivity index (χ3n) is 7.01. The minimum atomic E-state index is -0.579. The molecule has 3 aromatic rings. The van der Waals surface area contributed by atoms with Crippen molar-refractivity contribution in [3.8, 4) is 35.3 Å². The van der Waals surface area contributed by atoms with Crippen molar-refractivity contribution in [2.24, 2.45) is 0 Å². The molecule has 0 bridgehead atoms. The van der Waals surface area contributed by atoms with Crippen LogP contribution < -0.4 is 9.64 Å². The number of nitriles is 1. The van der Waals surface area contributed by atoms with Gasteiger partial charge in [0, 0.05) is 50.0 Å². The van der Waals surface area contributed by atoms with Gasteiger partial charge in [-0.3, -0.25) is 4.79 Å². The SMILES string of the molecule is C#CC(=O)N1CCN(c2ccc(-c3cc(OC[C@@H]4CN(C(=O)OC(C)(C)C)CCO4)cn4ncc(C#N)c34)cn2)CC1. The zero-order chi connectivity index (χ0) is 29.9. The number of amides is 2. The molecule has 1 atom stereocenters. The standard InChI is InChI=1S/C30H33N7O5/c1-5-27(38)35-10-8-34(9-11-35)26-7-6-21(16-32-26)25-14-23(19-37-28(25)22(15-31)17-33-37)41-20-24-18-36(12-13-40-24)29(39)42-30(2,3)4/h1,6-7,14,16-17,19,24H,8-13,18,20H2,2-4H3/t24-/m0/s1. The summed E-state index contributed by atoms with van der Waals surface area (Å²) in [5.74, 6) is 3.18. The summed E-state index contributed by atoms with van der Waals surface area (Å²) >= 11 is 0. The number of pyridine rings is 2. The monoisotopic (exact) mass is 571 g/mol. The lowest BCUT2D eigenvalue weighted by atomic mass is 10.1. The molecule has 5 rings (SSSR count). The predicted molar refractivity (Wildman–Crippen MR) is 154 cm³/mol. The van der Waals surface area contributed by atoms with Crippen LogP contribution in [0.15, 0.2) is 36.8 Å². The minimum absolute atomic E-state index is 0.210. The maximum atomic E-state index is 12.5. The van der Waals surface area contributed by atoms with Gasteiger partial charge in [0.1, 0.15) is 35.9 Å². The van der Waals surface area contributed by atoms with Crippen molar-refractivity contribution in [2.45, 2.75) is 32.5 Å². The number of aromatic nitrogens is 3. The van der Waals surface area contributed by atoms with Crippen LogP contribution in [0.3, 0.4) is 0 Å². The van der Waals surface area contributed by atoms with Crippen LogP contribution in [-0.2, 0) is 14.3 Å². The molecule has 2 aliphatic rings. The number of terminal acetylenes is 1. The molecule has 0 spiro atoms. The van der Waals surface area contributed by atoms with E-state index in [1.807, 2.05) is 39.0 Å². The molecular weight excluding hydrogens is 538 g/mol. The van der Waals surface area contributed by atoms with Gasteiger partial charge >= 0.3 is 6.09 Å². The predicted octanol–water partition coefficient (Wildman–Crippen LogP) is 2.56. The molecule has 12 nitrogen and oxygen atoms in total. The fourth-order valence-electron chi connectivity index (χ4n) is 4.94. The van der Waals surface area contributed by atoms with Gasteiger partial charge in [0.05, 0.1) is 36.6 Å². The Kier molecular flexibility index (Phi) is 8.18. The quantitative estimate of drug-likeness (QED) is 0.425. The van der Waals surface area contributed by atoms with E-state index in [2.05, 4.69) is 27.0 Å². The Hall–Kier alpha value is -4.81. The lowest BCUT2D eigenvalue weighted by Gasteiger charge is -2.34. The highest BCUT2D eigenvalue weighted by Crippen LogP contribution is 2.31. The fraction of sp³-hybridized carbons (Fsp3) is 0.433. The van der Waals surface area contributed by atoms with Gasteiger partial charge < -0.3 is 28.9 Å². The van der Waals surface area contributed by atoms with Crippen molar-refractivity contribution < 1.29 is 23.8 Å². The van der Waals surface area contributed by atoms with Gasteiger partial charge in [-0.25, -0.2) is 14.3 Å². The summed E-state index contributed by atoms with van der Waals surface area (Å²) in [6.45, 7) is 9.23. The first-order valence-electron chi connectivity index (χ1n) is 13.8. The van der Waals surface area contributed by atoms with E-state index in [1.165, 1.54) is 6.20 Å². The smallest absolute Gasteiger partial charge is 0.410 e. The molecular formula is C30H33N7O5. The average molecular weight is 572 g/mol. The molecule has 0 saturated carbocycles. The first-order valence-corrected chi connectivity index (χ1v) is 13.8. The highest BCUT2D eigenvalue weighted by molar-refractivity contribution is 5.93. The lowest BCUT2D eigenvalue weighted by Crippen LogP contribution is -2.49. The van der Waals surface area contributed by atoms with Crippen molar-refractivity contribution in [1.29, 1.82) is 5.26 Å². The van der Waals surface area contributed by atoms with E-state index in [0.29, 0.717) is 62.7 Å². The Morgan fingerprint density at radius 2 is 1.93 bits per heavy atom. The number of carbonyl (C=O) groups excluding carboxylic acids is 2. The number of piperazine rings is 1. The Morgan fingerprint density at radius 1 is 1.14 bits per heavy atom. The number of rotatable bonds is 5. The number of hydrogen-bond donors (Lipinski definition) is 0. The first-order chi connectivity index (χ1) is 20.1. The van der Waals surface area contributed by atoms with E-state index in [-0.39, 0.29) is 24.7 Å². The molecule has 2 amide bonds. The maximum absolute atomic E-state index is 12.5. The van der Waals surface area contributed by atoms with Gasteiger partial charge in [-0.2, -0.15) is 10.4 Å². The summed E-state index contributed by atoms with van der Waals surface area (Å²) in [6.07, 6.45) is 9.52. The molecule has 0 aliphatic carbocycles. The topological polar surface area (TPSA) is 126 Å². The number of carbonyl (C=O) groups is 2. The van der Waals surface area contributed by atoms with Crippen molar-refractivity contribution in [3.05, 3.63) is 42.4 Å². The molecule has 0 aromatic carbocycles. The van der Waals surface area contributed by atoms with Crippen LogP contribution in [0.25, 0.3) is 16.6 Å². The summed E-state index contributed by atoms with van der Waals surface area (Å²) in [5, 5.41) is 14.1. The van der Waals surface area contributed by atoms with Crippen LogP contribution in [0, 0.1) is 23.7 Å². The lowest BCUT2D eigenvalue weighted by molar-refractivity contribution is -0.125. The van der Waals surface area contributed by atoms with Gasteiger partial charge in [-0.15, -0.1) is 6.42 Å². The molecule has 2 saturated heterocycles. The van der Waals surface area contributed by atoms with Crippen LogP contribution in [0.5, 0.6) is 5.75 Å². The van der Waals surface area contributed by atoms with Gasteiger partial charge in [0.15, 0.2) is 0 Å². The molecule has 2 fully saturated rings. The van der Waals surface area contributed by atoms with E-state index in [9.17, 15) is 14.9 Å². The molecule has 0 radical (unpaired) electrons. The largest absolute Gasteiger partial charge is 0.489 e. The van der Waals surface area contributed by atoms with Crippen molar-refractivity contribution >= 4 is 23.3 Å². The normalized spacial score (nSPS) is 17.5. The molecule has 5 heterocycles. The maximum Gasteiger partial charge on any atom is 0.410 e. The number of nitrogens with zero attached hydrogens (tertiary/aromatic N) is 7. The van der Waals surface area contributed by atoms with E-state index in [1.54, 1.807) is 26.7 Å². The van der Waals surface area contributed by atoms with Crippen molar-refractivity contribution in [3.63, 3.8) is 0 Å². The third kappa shape index (κ3) is 6.40. The van der Waals surface area contributed by atoms with Crippen LogP contribution >= 0.6 is 0 Å². The highest BCUT2D eigenvalue weighted by atomic mass is 16.6. The minimum Gasteiger partial charge on any atom is -0.489 e. The summed E-state index contributed by atoms with van der Waals surface area (Å²) in [7, 11) is 0. The van der Waals surface area contributed by atoms with Crippen molar-refractivity contribution in [1.82, 2.24) is 24.4 Å². The first kappa shape index (κ1) is 28.7. The third-order valence-corrected chi connectivity index (χ3v) is 7.01. The molecule has 12 heteroatoms. The van der Waals surface area contributed by atoms with E-state index < -0.39 is 5.60 Å². The molecule has 42 heavy (non-hydrogen) atoms. The van der Waals surface area contributed by atoms with Gasteiger partial charge in [0.25, 0.3) is 5.91 Å². The Balaban J connectivity index is 1.31. The zero-order valence-corrected chi connectivity index (χ0v) is 23.9. The van der Waals surface area contributed by atoms with Crippen LogP contribution in [0.2, 0.25) is 0 Å². The Labute approximate surface area is 244 Å². The van der Waals surface area contributed by atoms with E-state index >= 15 is 0 Å². The second-order valence-electron chi connectivity index (χ2n) is 11.1. The molecule has 2 aliphatic heterocycles. The molecule has 3 aromatic heterocycles. The van der Waals surface area contributed by atoms with Crippen molar-refractivity contribution in [2.75, 3.05) is 57.4 Å². The number of fused-ring (bicyclic) bond motifs is 1. The summed E-state index contributed by atoms with van der Waals surface area (Å²) < 4.78 is 19.1. The second-order valence-corrected chi connectivity index (χ2v) is 11.1. The molecule has 0 unspecified atom stereocenters. The number of anilines is 1. The summed E-state index contributed by atoms with van der Waals surface area (Å²) in [5.41, 5.74) is 2.02. The van der Waals surface area contributed by atoms with Gasteiger partial charge in [0.2, 0.25) is 0 Å². The van der Waals surface area contributed by atoms with Gasteiger partial charge in [-0.05, 0) is 44.9 Å². The van der Waals surface area contributed by atoms with Crippen LogP contribution in [0.4, 0.5) is 10.6 Å². The highest BCUT2D eigenvalue weighted by Gasteiger charge is 2.29. The van der Waals surface area contributed by atoms with Crippen LogP contribution in [0.1, 0.15) is 26.3 Å². The van der Waals surface area contributed by atoms with Gasteiger partial charge in [-0.1, -0.05) is 0 Å². The van der Waals surface area contributed by atoms with Crippen LogP contribution in [-0.4, -0.2) is 101 Å².